The second-order valence-electron chi connectivity index (χ2n) is 16.6. The van der Waals surface area contributed by atoms with Crippen LogP contribution in [0.3, 0.4) is 0 Å². The molecule has 0 radical (unpaired) electrons. The highest BCUT2D eigenvalue weighted by atomic mass is 19.1. The fourth-order valence-electron chi connectivity index (χ4n) is 8.33. The number of fused-ring (bicyclic) bond motifs is 4. The molecule has 3 aromatic rings. The summed E-state index contributed by atoms with van der Waals surface area (Å²) in [5.41, 5.74) is -1.88. The molecule has 2 unspecified atom stereocenters. The summed E-state index contributed by atoms with van der Waals surface area (Å²) in [5.74, 6) is -1.08. The second-order valence-corrected chi connectivity index (χ2v) is 16.6. The summed E-state index contributed by atoms with van der Waals surface area (Å²) in [7, 11) is 1.38. The molecular formula is C38H49F2N7O5. The Bertz CT molecular complexity index is 1850. The van der Waals surface area contributed by atoms with Gasteiger partial charge in [0.2, 0.25) is 0 Å². The highest BCUT2D eigenvalue weighted by Gasteiger charge is 2.46. The van der Waals surface area contributed by atoms with Crippen LogP contribution in [0.1, 0.15) is 80.1 Å². The first-order chi connectivity index (χ1) is 24.5. The minimum atomic E-state index is -0.835. The van der Waals surface area contributed by atoms with E-state index in [0.29, 0.717) is 30.9 Å². The number of hydrogen-bond acceptors (Lipinski definition) is 10. The predicted molar refractivity (Wildman–Crippen MR) is 193 cm³/mol. The minimum absolute atomic E-state index is 0.0331. The number of amides is 2. The quantitative estimate of drug-likeness (QED) is 0.265. The fourth-order valence-corrected chi connectivity index (χ4v) is 8.33. The Labute approximate surface area is 303 Å². The van der Waals surface area contributed by atoms with E-state index in [1.165, 1.54) is 31.4 Å². The summed E-state index contributed by atoms with van der Waals surface area (Å²) < 4.78 is 50.2. The Balaban J connectivity index is 1.28. The van der Waals surface area contributed by atoms with Crippen molar-refractivity contribution in [2.45, 2.75) is 109 Å². The van der Waals surface area contributed by atoms with E-state index in [2.05, 4.69) is 19.8 Å². The highest BCUT2D eigenvalue weighted by Crippen LogP contribution is 2.42. The molecule has 2 amide bonds. The first-order valence-electron chi connectivity index (χ1n) is 18.3. The number of anilines is 2. The van der Waals surface area contributed by atoms with Gasteiger partial charge in [-0.2, -0.15) is 9.97 Å². The summed E-state index contributed by atoms with van der Waals surface area (Å²) in [6.45, 7) is 14.0. The summed E-state index contributed by atoms with van der Waals surface area (Å²) in [4.78, 5) is 47.7. The number of rotatable bonds is 6. The molecule has 4 aliphatic rings. The van der Waals surface area contributed by atoms with Gasteiger partial charge >= 0.3 is 18.2 Å². The average Bonchev–Trinajstić information content (AvgIpc) is 3.72. The van der Waals surface area contributed by atoms with E-state index in [9.17, 15) is 9.59 Å². The molecule has 0 aliphatic carbocycles. The molecule has 2 aromatic heterocycles. The first-order valence-corrected chi connectivity index (χ1v) is 18.3. The van der Waals surface area contributed by atoms with Crippen LogP contribution in [0.15, 0.2) is 24.4 Å². The third-order valence-electron chi connectivity index (χ3n) is 10.6. The molecule has 0 saturated carbocycles. The number of carbonyl (C=O) groups excluding carboxylic acids is 2. The second kappa shape index (κ2) is 13.3. The number of benzene rings is 1. The Morgan fingerprint density at radius 1 is 0.962 bits per heavy atom. The molecule has 4 fully saturated rings. The zero-order valence-electron chi connectivity index (χ0n) is 31.2. The van der Waals surface area contributed by atoms with E-state index in [1.54, 1.807) is 20.8 Å². The van der Waals surface area contributed by atoms with Gasteiger partial charge in [0.15, 0.2) is 5.82 Å². The molecule has 7 rings (SSSR count). The molecule has 4 saturated heterocycles. The molecule has 280 valence electrons. The van der Waals surface area contributed by atoms with Crippen molar-refractivity contribution in [3.63, 3.8) is 0 Å². The maximum absolute atomic E-state index is 17.0. The number of pyridine rings is 1. The molecule has 6 heterocycles. The first kappa shape index (κ1) is 36.0. The molecule has 1 aromatic carbocycles. The van der Waals surface area contributed by atoms with Crippen LogP contribution in [0.2, 0.25) is 0 Å². The smallest absolute Gasteiger partial charge is 0.414 e. The van der Waals surface area contributed by atoms with Gasteiger partial charge in [-0.3, -0.25) is 19.7 Å². The average molecular weight is 722 g/mol. The molecule has 12 nitrogen and oxygen atoms in total. The van der Waals surface area contributed by atoms with Crippen molar-refractivity contribution in [3.05, 3.63) is 36.0 Å². The number of nitrogens with zero attached hydrogens (tertiary/aromatic N) is 7. The molecule has 2 atom stereocenters. The largest absolute Gasteiger partial charge is 0.461 e. The van der Waals surface area contributed by atoms with Crippen LogP contribution in [0.5, 0.6) is 6.01 Å². The molecule has 0 N–H and O–H groups in total. The Kier molecular flexibility index (Phi) is 9.19. The highest BCUT2D eigenvalue weighted by molar-refractivity contribution is 5.96. The van der Waals surface area contributed by atoms with Crippen LogP contribution in [0.25, 0.3) is 22.2 Å². The van der Waals surface area contributed by atoms with Crippen LogP contribution in [-0.4, -0.2) is 106 Å². The summed E-state index contributed by atoms with van der Waals surface area (Å²) in [5, 5.41) is 0.360. The van der Waals surface area contributed by atoms with E-state index in [-0.39, 0.29) is 52.2 Å². The van der Waals surface area contributed by atoms with E-state index in [1.807, 2.05) is 25.7 Å². The molecule has 2 bridgehead atoms. The van der Waals surface area contributed by atoms with Gasteiger partial charge in [-0.25, -0.2) is 18.4 Å². The topological polar surface area (TPSA) is 113 Å². The Morgan fingerprint density at radius 3 is 2.25 bits per heavy atom. The van der Waals surface area contributed by atoms with Crippen molar-refractivity contribution >= 4 is 34.6 Å². The predicted octanol–water partition coefficient (Wildman–Crippen LogP) is 6.94. The van der Waals surface area contributed by atoms with Crippen molar-refractivity contribution in [1.29, 1.82) is 0 Å². The Hall–Kier alpha value is -4.33. The number of ether oxygens (including phenoxy) is 3. The standard InChI is InChI=1S/C38H49F2N7O5/c1-36(2,3)51-34(48)44(7)31-25(11-8-12-27(31)39)29-28(40)30-26(19-41-29)32(43-33(42-30)50-22-38-15-9-17-46(38)18-10-16-38)45-20-23-13-14-24(21-45)47(23)35(49)52-37(4,5)6/h8,11-12,19,23-24H,9-10,13-18,20-22H2,1-7H3. The minimum Gasteiger partial charge on any atom is -0.461 e. The van der Waals surface area contributed by atoms with Gasteiger partial charge in [0.05, 0.1) is 28.7 Å². The van der Waals surface area contributed by atoms with Crippen LogP contribution in [-0.2, 0) is 9.47 Å². The maximum Gasteiger partial charge on any atom is 0.414 e. The van der Waals surface area contributed by atoms with Crippen LogP contribution < -0.4 is 14.5 Å². The maximum atomic E-state index is 17.0. The van der Waals surface area contributed by atoms with Crippen molar-refractivity contribution in [1.82, 2.24) is 24.8 Å². The lowest BCUT2D eigenvalue weighted by Gasteiger charge is -2.42. The number of halogens is 2. The van der Waals surface area contributed by atoms with Crippen molar-refractivity contribution < 1.29 is 32.6 Å². The molecule has 14 heteroatoms. The number of aromatic nitrogens is 3. The number of carbonyl (C=O) groups is 2. The van der Waals surface area contributed by atoms with E-state index in [0.717, 1.165) is 56.5 Å². The lowest BCUT2D eigenvalue weighted by atomic mass is 9.95. The SMILES string of the molecule is CN(C(=O)OC(C)(C)C)c1c(F)cccc1-c1ncc2c(N3CC4CCC(C3)N4C(=O)OC(C)(C)C)nc(OCC34CCCN3CCC4)nc2c1F. The van der Waals surface area contributed by atoms with Crippen LogP contribution in [0.4, 0.5) is 29.9 Å². The zero-order valence-corrected chi connectivity index (χ0v) is 31.2. The van der Waals surface area contributed by atoms with E-state index in [4.69, 9.17) is 19.2 Å². The summed E-state index contributed by atoms with van der Waals surface area (Å²) in [6, 6.07) is 3.95. The van der Waals surface area contributed by atoms with Gasteiger partial charge < -0.3 is 19.1 Å². The van der Waals surface area contributed by atoms with Gasteiger partial charge in [0, 0.05) is 31.9 Å². The van der Waals surface area contributed by atoms with Gasteiger partial charge in [0.25, 0.3) is 0 Å². The van der Waals surface area contributed by atoms with Gasteiger partial charge in [0.1, 0.15) is 40.7 Å². The zero-order chi connectivity index (χ0) is 37.2. The number of piperazine rings is 1. The van der Waals surface area contributed by atoms with E-state index >= 15 is 8.78 Å². The van der Waals surface area contributed by atoms with Crippen LogP contribution >= 0.6 is 0 Å². The lowest BCUT2D eigenvalue weighted by Crippen LogP contribution is -2.57. The monoisotopic (exact) mass is 721 g/mol. The van der Waals surface area contributed by atoms with Crippen LogP contribution in [0, 0.1) is 11.6 Å². The molecule has 0 spiro atoms. The van der Waals surface area contributed by atoms with E-state index < -0.39 is 28.9 Å². The molecular weight excluding hydrogens is 672 g/mol. The third kappa shape index (κ3) is 6.81. The Morgan fingerprint density at radius 2 is 1.62 bits per heavy atom. The van der Waals surface area contributed by atoms with Crippen molar-refractivity contribution in [2.24, 2.45) is 0 Å². The summed E-state index contributed by atoms with van der Waals surface area (Å²) in [6.07, 6.45) is 6.17. The van der Waals surface area contributed by atoms with Gasteiger partial charge in [-0.1, -0.05) is 12.1 Å². The van der Waals surface area contributed by atoms with Crippen molar-refractivity contribution in [2.75, 3.05) is 49.6 Å². The number of para-hydroxylation sites is 1. The van der Waals surface area contributed by atoms with Crippen molar-refractivity contribution in [3.8, 4) is 17.3 Å². The molecule has 52 heavy (non-hydrogen) atoms. The third-order valence-corrected chi connectivity index (χ3v) is 10.6. The van der Waals surface area contributed by atoms with Gasteiger partial charge in [-0.05, 0) is 99.2 Å². The normalized spacial score (nSPS) is 21.4. The fraction of sp³-hybridized carbons (Fsp3) is 0.605. The number of hydrogen-bond donors (Lipinski definition) is 0. The molecule has 4 aliphatic heterocycles. The lowest BCUT2D eigenvalue weighted by molar-refractivity contribution is 0.0122. The summed E-state index contributed by atoms with van der Waals surface area (Å²) >= 11 is 0. The van der Waals surface area contributed by atoms with Gasteiger partial charge in [-0.15, -0.1) is 0 Å².